The van der Waals surface area contributed by atoms with Gasteiger partial charge in [0.2, 0.25) is 10.0 Å². The van der Waals surface area contributed by atoms with Crippen molar-refractivity contribution in [1.82, 2.24) is 9.71 Å². The third kappa shape index (κ3) is 3.10. The molecule has 0 aliphatic rings. The Balaban J connectivity index is 2.13. The maximum absolute atomic E-state index is 11.9. The third-order valence-corrected chi connectivity index (χ3v) is 3.85. The summed E-state index contributed by atoms with van der Waals surface area (Å²) in [5, 5.41) is 0.371. The van der Waals surface area contributed by atoms with Gasteiger partial charge < -0.3 is 4.42 Å². The lowest BCUT2D eigenvalue weighted by molar-refractivity contribution is 0.520. The van der Waals surface area contributed by atoms with Crippen LogP contribution in [0.5, 0.6) is 0 Å². The number of oxazole rings is 1. The molecule has 1 aromatic heterocycles. The van der Waals surface area contributed by atoms with Crippen molar-refractivity contribution >= 4 is 21.6 Å². The lowest BCUT2D eigenvalue weighted by Gasteiger charge is -2.05. The summed E-state index contributed by atoms with van der Waals surface area (Å²) in [6.07, 6.45) is 1.41. The van der Waals surface area contributed by atoms with E-state index in [2.05, 4.69) is 9.71 Å². The average molecular weight is 287 g/mol. The number of halogens is 1. The van der Waals surface area contributed by atoms with Gasteiger partial charge in [0, 0.05) is 11.9 Å². The molecule has 7 heteroatoms. The highest BCUT2D eigenvalue weighted by Gasteiger charge is 2.14. The monoisotopic (exact) mass is 286 g/mol. The zero-order valence-corrected chi connectivity index (χ0v) is 11.1. The first kappa shape index (κ1) is 13.1. The highest BCUT2D eigenvalue weighted by molar-refractivity contribution is 7.89. The SMILES string of the molecule is Cc1nc(CNS(=O)(=O)c2cccc(Cl)c2)co1. The molecular weight excluding hydrogens is 276 g/mol. The van der Waals surface area contributed by atoms with Crippen LogP contribution in [-0.2, 0) is 16.6 Å². The second kappa shape index (κ2) is 5.09. The summed E-state index contributed by atoms with van der Waals surface area (Å²) in [6.45, 7) is 1.77. The van der Waals surface area contributed by atoms with E-state index in [-0.39, 0.29) is 11.4 Å². The fourth-order valence-electron chi connectivity index (χ4n) is 1.38. The molecule has 1 N–H and O–H groups in total. The molecule has 0 amide bonds. The fraction of sp³-hybridized carbons (Fsp3) is 0.182. The maximum Gasteiger partial charge on any atom is 0.240 e. The molecule has 0 bridgehead atoms. The van der Waals surface area contributed by atoms with Gasteiger partial charge in [-0.25, -0.2) is 18.1 Å². The van der Waals surface area contributed by atoms with Crippen LogP contribution >= 0.6 is 11.6 Å². The number of hydrogen-bond acceptors (Lipinski definition) is 4. The molecule has 0 spiro atoms. The van der Waals surface area contributed by atoms with Crippen molar-refractivity contribution in [2.24, 2.45) is 0 Å². The van der Waals surface area contributed by atoms with E-state index in [0.29, 0.717) is 16.6 Å². The summed E-state index contributed by atoms with van der Waals surface area (Å²) >= 11 is 5.75. The number of aromatic nitrogens is 1. The first-order chi connectivity index (χ1) is 8.47. The lowest BCUT2D eigenvalue weighted by atomic mass is 10.4. The summed E-state index contributed by atoms with van der Waals surface area (Å²) < 4.78 is 31.3. The first-order valence-corrected chi connectivity index (χ1v) is 7.00. The third-order valence-electron chi connectivity index (χ3n) is 2.22. The summed E-state index contributed by atoms with van der Waals surface area (Å²) in [4.78, 5) is 4.13. The predicted molar refractivity (Wildman–Crippen MR) is 66.7 cm³/mol. The molecule has 5 nitrogen and oxygen atoms in total. The highest BCUT2D eigenvalue weighted by atomic mass is 35.5. The Kier molecular flexibility index (Phi) is 3.70. The van der Waals surface area contributed by atoms with Crippen molar-refractivity contribution in [3.63, 3.8) is 0 Å². The molecule has 0 unspecified atom stereocenters. The van der Waals surface area contributed by atoms with E-state index in [1.807, 2.05) is 0 Å². The van der Waals surface area contributed by atoms with Crippen molar-refractivity contribution in [3.8, 4) is 0 Å². The highest BCUT2D eigenvalue weighted by Crippen LogP contribution is 2.15. The maximum atomic E-state index is 11.9. The fourth-order valence-corrected chi connectivity index (χ4v) is 2.68. The molecule has 96 valence electrons. The van der Waals surface area contributed by atoms with E-state index >= 15 is 0 Å². The standard InChI is InChI=1S/C11H11ClN2O3S/c1-8-14-10(7-17-8)6-13-18(15,16)11-4-2-3-9(12)5-11/h2-5,7,13H,6H2,1H3. The van der Waals surface area contributed by atoms with Crippen LogP contribution in [0.25, 0.3) is 0 Å². The van der Waals surface area contributed by atoms with E-state index in [4.69, 9.17) is 16.0 Å². The van der Waals surface area contributed by atoms with Crippen LogP contribution in [0.1, 0.15) is 11.6 Å². The van der Waals surface area contributed by atoms with E-state index in [0.717, 1.165) is 0 Å². The molecular formula is C11H11ClN2O3S. The van der Waals surface area contributed by atoms with Crippen molar-refractivity contribution in [1.29, 1.82) is 0 Å². The van der Waals surface area contributed by atoms with Crippen LogP contribution in [-0.4, -0.2) is 13.4 Å². The van der Waals surface area contributed by atoms with Crippen molar-refractivity contribution in [2.45, 2.75) is 18.4 Å². The number of benzene rings is 1. The number of nitrogens with one attached hydrogen (secondary N) is 1. The number of nitrogens with zero attached hydrogens (tertiary/aromatic N) is 1. The summed E-state index contributed by atoms with van der Waals surface area (Å²) in [5.41, 5.74) is 0.526. The van der Waals surface area contributed by atoms with Gasteiger partial charge >= 0.3 is 0 Å². The molecule has 0 aliphatic heterocycles. The van der Waals surface area contributed by atoms with Crippen molar-refractivity contribution in [3.05, 3.63) is 47.1 Å². The molecule has 0 aliphatic carbocycles. The quantitative estimate of drug-likeness (QED) is 0.934. The average Bonchev–Trinajstić information content (AvgIpc) is 2.73. The molecule has 0 fully saturated rings. The van der Waals surface area contributed by atoms with Crippen LogP contribution in [0.4, 0.5) is 0 Å². The van der Waals surface area contributed by atoms with Gasteiger partial charge in [0.15, 0.2) is 5.89 Å². The molecule has 0 saturated carbocycles. The Morgan fingerprint density at radius 1 is 1.44 bits per heavy atom. The van der Waals surface area contributed by atoms with Crippen molar-refractivity contribution in [2.75, 3.05) is 0 Å². The molecule has 2 rings (SSSR count). The largest absolute Gasteiger partial charge is 0.449 e. The summed E-state index contributed by atoms with van der Waals surface area (Å²) in [5.74, 6) is 0.493. The molecule has 18 heavy (non-hydrogen) atoms. The van der Waals surface area contributed by atoms with Crippen LogP contribution in [0.15, 0.2) is 39.8 Å². The zero-order chi connectivity index (χ0) is 13.2. The minimum absolute atomic E-state index is 0.0756. The Morgan fingerprint density at radius 2 is 2.22 bits per heavy atom. The number of sulfonamides is 1. The first-order valence-electron chi connectivity index (χ1n) is 5.13. The van der Waals surface area contributed by atoms with Crippen molar-refractivity contribution < 1.29 is 12.8 Å². The number of hydrogen-bond donors (Lipinski definition) is 1. The van der Waals surface area contributed by atoms with Gasteiger partial charge in [-0.15, -0.1) is 0 Å². The van der Waals surface area contributed by atoms with E-state index in [1.165, 1.54) is 18.4 Å². The molecule has 0 atom stereocenters. The Labute approximate surface area is 110 Å². The Morgan fingerprint density at radius 3 is 2.83 bits per heavy atom. The summed E-state index contributed by atoms with van der Waals surface area (Å²) in [6, 6.07) is 6.05. The summed E-state index contributed by atoms with van der Waals surface area (Å²) in [7, 11) is -3.59. The number of aryl methyl sites for hydroxylation is 1. The Hall–Kier alpha value is -1.37. The van der Waals surface area contributed by atoms with Crippen LogP contribution < -0.4 is 4.72 Å². The van der Waals surface area contributed by atoms with Gasteiger partial charge in [-0.05, 0) is 18.2 Å². The second-order valence-corrected chi connectivity index (χ2v) is 5.84. The van der Waals surface area contributed by atoms with Gasteiger partial charge in [0.05, 0.1) is 17.1 Å². The van der Waals surface area contributed by atoms with Gasteiger partial charge in [0.1, 0.15) is 6.26 Å². The second-order valence-electron chi connectivity index (χ2n) is 3.64. The van der Waals surface area contributed by atoms with E-state index in [9.17, 15) is 8.42 Å². The molecule has 2 aromatic rings. The van der Waals surface area contributed by atoms with Gasteiger partial charge in [0.25, 0.3) is 0 Å². The zero-order valence-electron chi connectivity index (χ0n) is 9.55. The van der Waals surface area contributed by atoms with Crippen LogP contribution in [0, 0.1) is 6.92 Å². The predicted octanol–water partition coefficient (Wildman–Crippen LogP) is 2.11. The minimum Gasteiger partial charge on any atom is -0.449 e. The smallest absolute Gasteiger partial charge is 0.240 e. The lowest BCUT2D eigenvalue weighted by Crippen LogP contribution is -2.23. The Bertz CT molecular complexity index is 652. The van der Waals surface area contributed by atoms with E-state index in [1.54, 1.807) is 19.1 Å². The molecule has 1 aromatic carbocycles. The van der Waals surface area contributed by atoms with Gasteiger partial charge in [-0.1, -0.05) is 17.7 Å². The normalized spacial score (nSPS) is 11.7. The molecule has 1 heterocycles. The van der Waals surface area contributed by atoms with Gasteiger partial charge in [-0.3, -0.25) is 0 Å². The van der Waals surface area contributed by atoms with E-state index < -0.39 is 10.0 Å². The van der Waals surface area contributed by atoms with Gasteiger partial charge in [-0.2, -0.15) is 0 Å². The molecule has 0 radical (unpaired) electrons. The topological polar surface area (TPSA) is 72.2 Å². The molecule has 0 saturated heterocycles. The van der Waals surface area contributed by atoms with Crippen LogP contribution in [0.2, 0.25) is 5.02 Å². The number of rotatable bonds is 4. The minimum atomic E-state index is -3.59. The van der Waals surface area contributed by atoms with Crippen LogP contribution in [0.3, 0.4) is 0 Å².